The van der Waals surface area contributed by atoms with Crippen LogP contribution in [0.15, 0.2) is 18.2 Å². The van der Waals surface area contributed by atoms with E-state index in [-0.39, 0.29) is 5.91 Å². The summed E-state index contributed by atoms with van der Waals surface area (Å²) in [6.07, 6.45) is 0. The highest BCUT2D eigenvalue weighted by molar-refractivity contribution is 7.12. The summed E-state index contributed by atoms with van der Waals surface area (Å²) in [5.41, 5.74) is 2.43. The molecule has 0 bridgehead atoms. The van der Waals surface area contributed by atoms with Crippen LogP contribution in [0.3, 0.4) is 0 Å². The number of aryl methyl sites for hydroxylation is 2. The van der Waals surface area contributed by atoms with E-state index >= 15 is 0 Å². The van der Waals surface area contributed by atoms with E-state index in [2.05, 4.69) is 16.4 Å². The number of nitriles is 1. The minimum atomic E-state index is -0.103. The fourth-order valence-electron chi connectivity index (χ4n) is 1.82. The molecule has 0 saturated carbocycles. The van der Waals surface area contributed by atoms with Crippen molar-refractivity contribution in [2.24, 2.45) is 0 Å². The fraction of sp³-hybridized carbons (Fsp3) is 0.267. The zero-order chi connectivity index (χ0) is 15.4. The highest BCUT2D eigenvalue weighted by Gasteiger charge is 2.08. The lowest BCUT2D eigenvalue weighted by atomic mass is 10.2. The zero-order valence-corrected chi connectivity index (χ0v) is 12.9. The fourth-order valence-corrected chi connectivity index (χ4v) is 2.59. The highest BCUT2D eigenvalue weighted by atomic mass is 32.1. The predicted molar refractivity (Wildman–Crippen MR) is 81.4 cm³/mol. The number of anilines is 1. The Balaban J connectivity index is 2.05. The number of benzene rings is 1. The quantitative estimate of drug-likeness (QED) is 0.941. The number of thiazole rings is 1. The van der Waals surface area contributed by atoms with Gasteiger partial charge in [-0.2, -0.15) is 5.26 Å². The van der Waals surface area contributed by atoms with Gasteiger partial charge in [0.1, 0.15) is 28.3 Å². The average molecular weight is 301 g/mol. The van der Waals surface area contributed by atoms with Crippen molar-refractivity contribution in [3.8, 4) is 11.8 Å². The number of carbonyl (C=O) groups is 1. The molecule has 0 unspecified atom stereocenters. The van der Waals surface area contributed by atoms with Gasteiger partial charge in [0, 0.05) is 12.6 Å². The molecule has 5 nitrogen and oxygen atoms in total. The summed E-state index contributed by atoms with van der Waals surface area (Å²) in [6.45, 7) is 5.51. The van der Waals surface area contributed by atoms with Crippen LogP contribution in [0.25, 0.3) is 0 Å². The summed E-state index contributed by atoms with van der Waals surface area (Å²) in [6, 6.07) is 7.57. The second kappa shape index (κ2) is 6.37. The van der Waals surface area contributed by atoms with Crippen molar-refractivity contribution >= 4 is 22.9 Å². The molecule has 2 rings (SSSR count). The molecule has 0 aliphatic rings. The van der Waals surface area contributed by atoms with Gasteiger partial charge in [-0.25, -0.2) is 4.98 Å². The Kier molecular flexibility index (Phi) is 4.55. The molecule has 0 atom stereocenters. The SMILES string of the molecule is CC(=O)Nc1ccc(OCc2nc(C)c(C#N)s2)cc1C. The van der Waals surface area contributed by atoms with Gasteiger partial charge < -0.3 is 10.1 Å². The number of hydrogen-bond donors (Lipinski definition) is 1. The number of carbonyl (C=O) groups excluding carboxylic acids is 1. The van der Waals surface area contributed by atoms with E-state index in [9.17, 15) is 4.79 Å². The van der Waals surface area contributed by atoms with Crippen molar-refractivity contribution in [3.05, 3.63) is 39.3 Å². The molecule has 1 amide bonds. The first-order chi connectivity index (χ1) is 9.99. The van der Waals surface area contributed by atoms with Crippen LogP contribution in [0.2, 0.25) is 0 Å². The first-order valence-corrected chi connectivity index (χ1v) is 7.18. The molecular formula is C15H15N3O2S. The number of rotatable bonds is 4. The molecule has 0 fully saturated rings. The maximum atomic E-state index is 11.0. The Morgan fingerprint density at radius 1 is 1.48 bits per heavy atom. The lowest BCUT2D eigenvalue weighted by molar-refractivity contribution is -0.114. The molecular weight excluding hydrogens is 286 g/mol. The smallest absolute Gasteiger partial charge is 0.221 e. The minimum Gasteiger partial charge on any atom is -0.486 e. The molecule has 108 valence electrons. The van der Waals surface area contributed by atoms with Gasteiger partial charge in [-0.3, -0.25) is 4.79 Å². The summed E-state index contributed by atoms with van der Waals surface area (Å²) >= 11 is 1.34. The van der Waals surface area contributed by atoms with Gasteiger partial charge in [0.15, 0.2) is 0 Å². The maximum absolute atomic E-state index is 11.0. The molecule has 0 radical (unpaired) electrons. The Morgan fingerprint density at radius 3 is 2.81 bits per heavy atom. The molecule has 0 aliphatic carbocycles. The van der Waals surface area contributed by atoms with Gasteiger partial charge in [-0.1, -0.05) is 0 Å². The van der Waals surface area contributed by atoms with Gasteiger partial charge in [-0.15, -0.1) is 11.3 Å². The van der Waals surface area contributed by atoms with E-state index in [1.54, 1.807) is 12.1 Å². The maximum Gasteiger partial charge on any atom is 0.221 e. The zero-order valence-electron chi connectivity index (χ0n) is 12.1. The lowest BCUT2D eigenvalue weighted by Crippen LogP contribution is -2.07. The van der Waals surface area contributed by atoms with E-state index in [4.69, 9.17) is 10.00 Å². The molecule has 1 aromatic carbocycles. The Labute approximate surface area is 127 Å². The highest BCUT2D eigenvalue weighted by Crippen LogP contribution is 2.23. The molecule has 0 aliphatic heterocycles. The van der Waals surface area contributed by atoms with Crippen molar-refractivity contribution in [1.82, 2.24) is 4.98 Å². The molecule has 1 aromatic heterocycles. The van der Waals surface area contributed by atoms with Crippen molar-refractivity contribution < 1.29 is 9.53 Å². The number of nitrogens with one attached hydrogen (secondary N) is 1. The lowest BCUT2D eigenvalue weighted by Gasteiger charge is -2.09. The molecule has 2 aromatic rings. The topological polar surface area (TPSA) is 75.0 Å². The van der Waals surface area contributed by atoms with Crippen LogP contribution in [-0.2, 0) is 11.4 Å². The van der Waals surface area contributed by atoms with Crippen LogP contribution < -0.4 is 10.1 Å². The van der Waals surface area contributed by atoms with Crippen molar-refractivity contribution in [2.45, 2.75) is 27.4 Å². The van der Waals surface area contributed by atoms with Crippen LogP contribution in [0.5, 0.6) is 5.75 Å². The van der Waals surface area contributed by atoms with Crippen molar-refractivity contribution in [1.29, 1.82) is 5.26 Å². The molecule has 21 heavy (non-hydrogen) atoms. The summed E-state index contributed by atoms with van der Waals surface area (Å²) < 4.78 is 5.67. The molecule has 6 heteroatoms. The second-order valence-corrected chi connectivity index (χ2v) is 5.66. The molecule has 0 spiro atoms. The van der Waals surface area contributed by atoms with Crippen LogP contribution in [0.4, 0.5) is 5.69 Å². The molecule has 1 N–H and O–H groups in total. The van der Waals surface area contributed by atoms with Crippen molar-refractivity contribution in [3.63, 3.8) is 0 Å². The van der Waals surface area contributed by atoms with Gasteiger partial charge in [0.2, 0.25) is 5.91 Å². The summed E-state index contributed by atoms with van der Waals surface area (Å²) in [5, 5.41) is 12.4. The van der Waals surface area contributed by atoms with Crippen LogP contribution in [0.1, 0.15) is 28.1 Å². The summed E-state index contributed by atoms with van der Waals surface area (Å²) in [5.74, 6) is 0.599. The normalized spacial score (nSPS) is 10.0. The van der Waals surface area contributed by atoms with Crippen LogP contribution >= 0.6 is 11.3 Å². The van der Waals surface area contributed by atoms with E-state index in [1.165, 1.54) is 18.3 Å². The molecule has 0 saturated heterocycles. The van der Waals surface area contributed by atoms with Gasteiger partial charge in [-0.05, 0) is 37.6 Å². The van der Waals surface area contributed by atoms with Crippen molar-refractivity contribution in [2.75, 3.05) is 5.32 Å². The van der Waals surface area contributed by atoms with Crippen LogP contribution in [0, 0.1) is 25.2 Å². The van der Waals surface area contributed by atoms with E-state index < -0.39 is 0 Å². The van der Waals surface area contributed by atoms with Crippen LogP contribution in [-0.4, -0.2) is 10.9 Å². The third-order valence-corrected chi connectivity index (χ3v) is 3.85. The van der Waals surface area contributed by atoms with E-state index in [0.29, 0.717) is 17.2 Å². The Morgan fingerprint density at radius 2 is 2.24 bits per heavy atom. The second-order valence-electron chi connectivity index (χ2n) is 4.58. The monoisotopic (exact) mass is 301 g/mol. The van der Waals surface area contributed by atoms with E-state index in [1.807, 2.05) is 19.9 Å². The number of aromatic nitrogens is 1. The van der Waals surface area contributed by atoms with E-state index in [0.717, 1.165) is 22.0 Å². The Bertz CT molecular complexity index is 716. The third-order valence-electron chi connectivity index (χ3n) is 2.81. The number of ether oxygens (including phenoxy) is 1. The van der Waals surface area contributed by atoms with Gasteiger partial charge in [0.05, 0.1) is 5.69 Å². The number of hydrogen-bond acceptors (Lipinski definition) is 5. The number of amides is 1. The first kappa shape index (κ1) is 15.0. The Hall–Kier alpha value is -2.39. The summed E-state index contributed by atoms with van der Waals surface area (Å²) in [4.78, 5) is 16.0. The third kappa shape index (κ3) is 3.80. The van der Waals surface area contributed by atoms with Gasteiger partial charge >= 0.3 is 0 Å². The largest absolute Gasteiger partial charge is 0.486 e. The standard InChI is InChI=1S/C15H15N3O2S/c1-9-6-12(4-5-13(9)18-11(3)19)20-8-15-17-10(2)14(7-16)21-15/h4-6H,8H2,1-3H3,(H,18,19). The predicted octanol–water partition coefficient (Wildman–Crippen LogP) is 3.17. The first-order valence-electron chi connectivity index (χ1n) is 6.37. The average Bonchev–Trinajstić information content (AvgIpc) is 2.79. The number of nitrogens with zero attached hydrogens (tertiary/aromatic N) is 2. The molecule has 1 heterocycles. The summed E-state index contributed by atoms with van der Waals surface area (Å²) in [7, 11) is 0. The minimum absolute atomic E-state index is 0.103. The van der Waals surface area contributed by atoms with Gasteiger partial charge in [0.25, 0.3) is 0 Å².